The standard InChI is InChI=1S/C28H24ClN6O2/c1-3-37-27(36)26-21(16-32-28-31-14-15-35(26,28)25-7-5-4-6-22(25)29)19-8-10-20(11-9-19)34-18(2)33-23-17-30-13-12-24(23)34/h4-15,17H,3,16H2,1-2H3,(H,31,32)/q+1. The molecule has 184 valence electrons. The Labute approximate surface area is 218 Å². The minimum absolute atomic E-state index is 0.0616. The number of aliphatic imine (C=N–C) groups is 1. The largest absolute Gasteiger partial charge is 0.458 e. The van der Waals surface area contributed by atoms with Crippen molar-refractivity contribution in [1.29, 1.82) is 0 Å². The maximum atomic E-state index is 13.6. The number of nitrogens with one attached hydrogen (secondary N) is 1. The number of esters is 1. The Morgan fingerprint density at radius 2 is 1.97 bits per heavy atom. The van der Waals surface area contributed by atoms with Crippen molar-refractivity contribution < 1.29 is 9.53 Å². The molecule has 37 heavy (non-hydrogen) atoms. The summed E-state index contributed by atoms with van der Waals surface area (Å²) < 4.78 is 7.61. The number of pyridine rings is 1. The highest BCUT2D eigenvalue weighted by molar-refractivity contribution is 6.34. The van der Waals surface area contributed by atoms with Gasteiger partial charge in [0.1, 0.15) is 22.6 Å². The number of nitrogens with zero attached hydrogens (tertiary/aromatic N) is 5. The van der Waals surface area contributed by atoms with Crippen LogP contribution in [-0.4, -0.2) is 39.6 Å². The first-order chi connectivity index (χ1) is 18.0. The Bertz CT molecular complexity index is 1640. The highest BCUT2D eigenvalue weighted by Gasteiger charge is 2.52. The molecule has 0 fully saturated rings. The van der Waals surface area contributed by atoms with Gasteiger partial charge in [-0.3, -0.25) is 14.9 Å². The van der Waals surface area contributed by atoms with Gasteiger partial charge in [0.05, 0.1) is 36.6 Å². The number of carbonyl (C=O) groups excluding carboxylic acids is 1. The van der Waals surface area contributed by atoms with Gasteiger partial charge in [0.25, 0.3) is 0 Å². The number of hydrogen-bond donors (Lipinski definition) is 1. The van der Waals surface area contributed by atoms with E-state index in [1.165, 1.54) is 0 Å². The van der Waals surface area contributed by atoms with E-state index in [1.807, 2.05) is 67.7 Å². The summed E-state index contributed by atoms with van der Waals surface area (Å²) in [6, 6.07) is 17.5. The van der Waals surface area contributed by atoms with E-state index in [0.29, 0.717) is 23.2 Å². The lowest BCUT2D eigenvalue weighted by Crippen LogP contribution is -2.54. The lowest BCUT2D eigenvalue weighted by Gasteiger charge is -2.34. The molecule has 0 spiro atoms. The quantitative estimate of drug-likeness (QED) is 0.297. The van der Waals surface area contributed by atoms with E-state index in [1.54, 1.807) is 25.5 Å². The second-order valence-electron chi connectivity index (χ2n) is 8.73. The fourth-order valence-corrected chi connectivity index (χ4v) is 5.38. The predicted molar refractivity (Wildman–Crippen MR) is 145 cm³/mol. The van der Waals surface area contributed by atoms with Crippen LogP contribution in [0.25, 0.3) is 22.3 Å². The molecule has 9 heteroatoms. The van der Waals surface area contributed by atoms with Crippen LogP contribution in [0.4, 0.5) is 5.69 Å². The molecule has 0 amide bonds. The monoisotopic (exact) mass is 511 g/mol. The number of guanidine groups is 1. The molecular weight excluding hydrogens is 488 g/mol. The first kappa shape index (κ1) is 23.1. The summed E-state index contributed by atoms with van der Waals surface area (Å²) in [5.74, 6) is 1.06. The van der Waals surface area contributed by atoms with Gasteiger partial charge in [-0.2, -0.15) is 4.48 Å². The molecule has 2 aromatic heterocycles. The van der Waals surface area contributed by atoms with Crippen LogP contribution in [0, 0.1) is 6.92 Å². The van der Waals surface area contributed by atoms with Crippen molar-refractivity contribution in [3.8, 4) is 5.69 Å². The van der Waals surface area contributed by atoms with Gasteiger partial charge < -0.3 is 4.74 Å². The number of quaternary nitrogens is 1. The maximum Gasteiger partial charge on any atom is 0.394 e. The van der Waals surface area contributed by atoms with E-state index in [9.17, 15) is 4.79 Å². The van der Waals surface area contributed by atoms with Crippen molar-refractivity contribution in [2.75, 3.05) is 13.2 Å². The van der Waals surface area contributed by atoms with E-state index in [0.717, 1.165) is 39.4 Å². The summed E-state index contributed by atoms with van der Waals surface area (Å²) in [6.45, 7) is 4.34. The van der Waals surface area contributed by atoms with Crippen molar-refractivity contribution in [1.82, 2.24) is 24.3 Å². The van der Waals surface area contributed by atoms with Gasteiger partial charge in [-0.1, -0.05) is 35.9 Å². The predicted octanol–water partition coefficient (Wildman–Crippen LogP) is 5.11. The topological polar surface area (TPSA) is 81.4 Å². The average molecular weight is 512 g/mol. The molecule has 1 N–H and O–H groups in total. The second-order valence-corrected chi connectivity index (χ2v) is 9.13. The fraction of sp³-hybridized carbons (Fsp3) is 0.143. The molecule has 2 aliphatic heterocycles. The fourth-order valence-electron chi connectivity index (χ4n) is 5.11. The van der Waals surface area contributed by atoms with E-state index in [2.05, 4.69) is 19.9 Å². The van der Waals surface area contributed by atoms with E-state index in [4.69, 9.17) is 21.3 Å². The summed E-state index contributed by atoms with van der Waals surface area (Å²) in [6.07, 6.45) is 7.19. The third-order valence-corrected chi connectivity index (χ3v) is 6.99. The maximum absolute atomic E-state index is 13.6. The third-order valence-electron chi connectivity index (χ3n) is 6.67. The molecule has 0 aliphatic carbocycles. The van der Waals surface area contributed by atoms with Gasteiger partial charge in [0, 0.05) is 18.0 Å². The zero-order chi connectivity index (χ0) is 25.6. The Morgan fingerprint density at radius 3 is 2.76 bits per heavy atom. The average Bonchev–Trinajstić information content (AvgIpc) is 3.49. The molecule has 0 radical (unpaired) electrons. The smallest absolute Gasteiger partial charge is 0.394 e. The number of imidazole rings is 1. The first-order valence-corrected chi connectivity index (χ1v) is 12.4. The number of ether oxygens (including phenoxy) is 1. The zero-order valence-electron chi connectivity index (χ0n) is 20.4. The Hall–Kier alpha value is -4.27. The zero-order valence-corrected chi connectivity index (χ0v) is 21.1. The number of para-hydroxylation sites is 1. The Kier molecular flexibility index (Phi) is 5.62. The molecular formula is C28H24ClN6O2+. The van der Waals surface area contributed by atoms with Crippen LogP contribution in [0.5, 0.6) is 0 Å². The van der Waals surface area contributed by atoms with Crippen LogP contribution < -0.4 is 9.80 Å². The molecule has 2 aliphatic rings. The van der Waals surface area contributed by atoms with Crippen LogP contribution in [0.3, 0.4) is 0 Å². The summed E-state index contributed by atoms with van der Waals surface area (Å²) >= 11 is 6.68. The van der Waals surface area contributed by atoms with Gasteiger partial charge >= 0.3 is 11.9 Å². The number of aryl methyl sites for hydroxylation is 1. The third kappa shape index (κ3) is 3.56. The number of halogens is 1. The van der Waals surface area contributed by atoms with Crippen molar-refractivity contribution in [2.45, 2.75) is 13.8 Å². The Balaban J connectivity index is 1.53. The molecule has 4 heterocycles. The summed E-state index contributed by atoms with van der Waals surface area (Å²) in [7, 11) is 0. The van der Waals surface area contributed by atoms with Crippen molar-refractivity contribution in [2.24, 2.45) is 4.99 Å². The minimum Gasteiger partial charge on any atom is -0.458 e. The molecule has 6 rings (SSSR count). The number of fused-ring (bicyclic) bond motifs is 2. The SMILES string of the molecule is CCOC(=O)C1=C(c2ccc(-n3c(C)nc4cnccc43)cc2)CN=C2NC=C[N+]21c1ccccc1Cl. The number of hydrogen-bond acceptors (Lipinski definition) is 6. The van der Waals surface area contributed by atoms with Crippen LogP contribution >= 0.6 is 11.6 Å². The normalized spacial score (nSPS) is 18.5. The van der Waals surface area contributed by atoms with Crippen LogP contribution in [0.2, 0.25) is 5.02 Å². The first-order valence-electron chi connectivity index (χ1n) is 12.0. The highest BCUT2D eigenvalue weighted by Crippen LogP contribution is 2.43. The molecule has 4 aromatic rings. The molecule has 0 saturated carbocycles. The molecule has 2 aromatic carbocycles. The Morgan fingerprint density at radius 1 is 1.16 bits per heavy atom. The molecule has 1 unspecified atom stereocenters. The summed E-state index contributed by atoms with van der Waals surface area (Å²) in [4.78, 5) is 27.2. The second kappa shape index (κ2) is 8.99. The van der Waals surface area contributed by atoms with Gasteiger partial charge in [0.2, 0.25) is 5.70 Å². The van der Waals surface area contributed by atoms with E-state index < -0.39 is 5.97 Å². The van der Waals surface area contributed by atoms with Gasteiger partial charge in [-0.25, -0.2) is 14.8 Å². The summed E-state index contributed by atoms with van der Waals surface area (Å²) in [5, 5.41) is 3.73. The number of rotatable bonds is 5. The number of benzene rings is 2. The highest BCUT2D eigenvalue weighted by atomic mass is 35.5. The van der Waals surface area contributed by atoms with E-state index >= 15 is 0 Å². The molecule has 1 atom stereocenters. The van der Waals surface area contributed by atoms with Gasteiger partial charge in [-0.15, -0.1) is 0 Å². The molecule has 0 saturated heterocycles. The number of aromatic nitrogens is 3. The molecule has 8 nitrogen and oxygen atoms in total. The molecule has 0 bridgehead atoms. The van der Waals surface area contributed by atoms with Crippen LogP contribution in [0.15, 0.2) is 90.1 Å². The van der Waals surface area contributed by atoms with Crippen LogP contribution in [-0.2, 0) is 9.53 Å². The van der Waals surface area contributed by atoms with Gasteiger partial charge in [-0.05, 0) is 43.7 Å². The summed E-state index contributed by atoms with van der Waals surface area (Å²) in [5.41, 5.74) is 5.62. The van der Waals surface area contributed by atoms with E-state index in [-0.39, 0.29) is 11.1 Å². The minimum atomic E-state index is -0.411. The van der Waals surface area contributed by atoms with Crippen molar-refractivity contribution in [3.05, 3.63) is 101 Å². The van der Waals surface area contributed by atoms with Crippen molar-refractivity contribution >= 4 is 45.8 Å². The lowest BCUT2D eigenvalue weighted by atomic mass is 9.99. The number of carbonyl (C=O) groups is 1. The van der Waals surface area contributed by atoms with Crippen molar-refractivity contribution in [3.63, 3.8) is 0 Å². The van der Waals surface area contributed by atoms with Gasteiger partial charge in [0.15, 0.2) is 5.69 Å². The van der Waals surface area contributed by atoms with Crippen LogP contribution in [0.1, 0.15) is 18.3 Å². The lowest BCUT2D eigenvalue weighted by molar-refractivity contribution is -0.139.